The summed E-state index contributed by atoms with van der Waals surface area (Å²) in [5.74, 6) is 0.786. The molecule has 0 fully saturated rings. The number of hydrogen-bond donors (Lipinski definition) is 1. The largest absolute Gasteiger partial charge is 0.491 e. The van der Waals surface area contributed by atoms with Crippen LogP contribution in [0.3, 0.4) is 0 Å². The first-order valence-corrected chi connectivity index (χ1v) is 8.98. The van der Waals surface area contributed by atoms with Crippen LogP contribution in [0.2, 0.25) is 5.02 Å². The third kappa shape index (κ3) is 7.22. The Morgan fingerprint density at radius 1 is 1.20 bits per heavy atom. The number of esters is 1. The number of hydrogen-bond acceptors (Lipinski definition) is 5. The minimum absolute atomic E-state index is 0.206. The second-order valence-corrected chi connectivity index (χ2v) is 6.69. The summed E-state index contributed by atoms with van der Waals surface area (Å²) in [4.78, 5) is 12.1. The lowest BCUT2D eigenvalue weighted by atomic mass is 10.2. The van der Waals surface area contributed by atoms with Crippen molar-refractivity contribution < 1.29 is 19.4 Å². The lowest BCUT2D eigenvalue weighted by Gasteiger charge is -2.12. The van der Waals surface area contributed by atoms with Crippen LogP contribution in [-0.2, 0) is 9.53 Å². The molecule has 0 aromatic heterocycles. The van der Waals surface area contributed by atoms with Crippen molar-refractivity contribution in [2.45, 2.75) is 11.0 Å². The van der Waals surface area contributed by atoms with Gasteiger partial charge >= 0.3 is 5.97 Å². The van der Waals surface area contributed by atoms with Crippen molar-refractivity contribution in [3.63, 3.8) is 0 Å². The summed E-state index contributed by atoms with van der Waals surface area (Å²) >= 11 is 7.38. The lowest BCUT2D eigenvalue weighted by Crippen LogP contribution is -2.20. The molecule has 1 atom stereocenters. The Balaban J connectivity index is 1.75. The fourth-order valence-electron chi connectivity index (χ4n) is 1.87. The predicted molar refractivity (Wildman–Crippen MR) is 101 cm³/mol. The SMILES string of the molecule is COC(=O)C=Cc1ccc(OCC(O)CSc2ccc(Cl)cc2)cc1. The molecular weight excluding hydrogens is 360 g/mol. The maximum absolute atomic E-state index is 11.0. The van der Waals surface area contributed by atoms with E-state index >= 15 is 0 Å². The van der Waals surface area contributed by atoms with Gasteiger partial charge in [0, 0.05) is 21.7 Å². The van der Waals surface area contributed by atoms with Gasteiger partial charge in [-0.1, -0.05) is 23.7 Å². The van der Waals surface area contributed by atoms with Crippen molar-refractivity contribution in [1.29, 1.82) is 0 Å². The molecule has 0 heterocycles. The quantitative estimate of drug-likeness (QED) is 0.426. The van der Waals surface area contributed by atoms with Crippen LogP contribution in [0.25, 0.3) is 6.08 Å². The minimum atomic E-state index is -0.584. The zero-order chi connectivity index (χ0) is 18.1. The molecule has 4 nitrogen and oxygen atoms in total. The highest BCUT2D eigenvalue weighted by Crippen LogP contribution is 2.21. The van der Waals surface area contributed by atoms with Crippen molar-refractivity contribution in [2.75, 3.05) is 19.5 Å². The van der Waals surface area contributed by atoms with Crippen molar-refractivity contribution in [1.82, 2.24) is 0 Å². The van der Waals surface area contributed by atoms with E-state index < -0.39 is 12.1 Å². The van der Waals surface area contributed by atoms with Gasteiger partial charge < -0.3 is 14.6 Å². The van der Waals surface area contributed by atoms with Crippen molar-refractivity contribution in [3.8, 4) is 5.75 Å². The Kier molecular flexibility index (Phi) is 7.85. The molecule has 0 spiro atoms. The summed E-state index contributed by atoms with van der Waals surface area (Å²) in [6, 6.07) is 14.7. The molecule has 6 heteroatoms. The standard InChI is InChI=1S/C19H19ClO4S/c1-23-19(22)11-4-14-2-7-17(8-3-14)24-12-16(21)13-25-18-9-5-15(20)6-10-18/h2-11,16,21H,12-13H2,1H3. The van der Waals surface area contributed by atoms with Gasteiger partial charge in [-0.05, 0) is 48.0 Å². The van der Waals surface area contributed by atoms with Crippen LogP contribution < -0.4 is 4.74 Å². The first-order valence-electron chi connectivity index (χ1n) is 7.62. The molecule has 1 unspecified atom stereocenters. The first kappa shape index (κ1) is 19.4. The van der Waals surface area contributed by atoms with Gasteiger partial charge in [0.2, 0.25) is 0 Å². The van der Waals surface area contributed by atoms with E-state index in [0.717, 1.165) is 10.5 Å². The molecule has 0 aliphatic rings. The molecule has 2 rings (SSSR count). The molecule has 132 valence electrons. The van der Waals surface area contributed by atoms with Crippen LogP contribution in [0.4, 0.5) is 0 Å². The molecule has 25 heavy (non-hydrogen) atoms. The zero-order valence-electron chi connectivity index (χ0n) is 13.7. The van der Waals surface area contributed by atoms with Gasteiger partial charge in [-0.15, -0.1) is 11.8 Å². The van der Waals surface area contributed by atoms with E-state index in [1.54, 1.807) is 30.0 Å². The van der Waals surface area contributed by atoms with Gasteiger partial charge in [0.05, 0.1) is 13.2 Å². The Morgan fingerprint density at radius 3 is 2.52 bits per heavy atom. The van der Waals surface area contributed by atoms with Gasteiger partial charge in [0.15, 0.2) is 0 Å². The predicted octanol–water partition coefficient (Wildman–Crippen LogP) is 4.06. The second kappa shape index (κ2) is 10.1. The Hall–Kier alpha value is -1.95. The molecule has 2 aromatic rings. The van der Waals surface area contributed by atoms with Gasteiger partial charge in [-0.2, -0.15) is 0 Å². The number of rotatable bonds is 8. The van der Waals surface area contributed by atoms with Crippen LogP contribution in [0.1, 0.15) is 5.56 Å². The Bertz CT molecular complexity index is 698. The molecule has 0 aliphatic heterocycles. The summed E-state index contributed by atoms with van der Waals surface area (Å²) in [5.41, 5.74) is 0.858. The summed E-state index contributed by atoms with van der Waals surface area (Å²) < 4.78 is 10.1. The lowest BCUT2D eigenvalue weighted by molar-refractivity contribution is -0.134. The third-order valence-electron chi connectivity index (χ3n) is 3.19. The maximum atomic E-state index is 11.0. The number of thioether (sulfide) groups is 1. The van der Waals surface area contributed by atoms with E-state index in [4.69, 9.17) is 16.3 Å². The summed E-state index contributed by atoms with van der Waals surface area (Å²) in [6.45, 7) is 0.206. The third-order valence-corrected chi connectivity index (χ3v) is 4.60. The van der Waals surface area contributed by atoms with Gasteiger partial charge in [-0.25, -0.2) is 4.79 Å². The van der Waals surface area contributed by atoms with E-state index in [0.29, 0.717) is 16.5 Å². The molecule has 1 N–H and O–H groups in total. The van der Waals surface area contributed by atoms with E-state index in [2.05, 4.69) is 4.74 Å². The highest BCUT2D eigenvalue weighted by Gasteiger charge is 2.06. The topological polar surface area (TPSA) is 55.8 Å². The van der Waals surface area contributed by atoms with E-state index in [1.165, 1.54) is 13.2 Å². The summed E-state index contributed by atoms with van der Waals surface area (Å²) in [5, 5.41) is 10.7. The van der Waals surface area contributed by atoms with E-state index in [9.17, 15) is 9.90 Å². The van der Waals surface area contributed by atoms with Crippen LogP contribution in [0.15, 0.2) is 59.5 Å². The number of halogens is 1. The molecule has 2 aromatic carbocycles. The molecule has 0 saturated carbocycles. The monoisotopic (exact) mass is 378 g/mol. The number of aliphatic hydroxyl groups excluding tert-OH is 1. The smallest absolute Gasteiger partial charge is 0.330 e. The maximum Gasteiger partial charge on any atom is 0.330 e. The van der Waals surface area contributed by atoms with Crippen molar-refractivity contribution >= 4 is 35.4 Å². The van der Waals surface area contributed by atoms with Crippen LogP contribution in [0.5, 0.6) is 5.75 Å². The van der Waals surface area contributed by atoms with Crippen molar-refractivity contribution in [2.24, 2.45) is 0 Å². The van der Waals surface area contributed by atoms with Gasteiger partial charge in [0.1, 0.15) is 12.4 Å². The number of carbonyl (C=O) groups excluding carboxylic acids is 1. The Labute approximate surface area is 156 Å². The van der Waals surface area contributed by atoms with Crippen LogP contribution in [0, 0.1) is 0 Å². The van der Waals surface area contributed by atoms with Gasteiger partial charge in [0.25, 0.3) is 0 Å². The summed E-state index contributed by atoms with van der Waals surface area (Å²) in [7, 11) is 1.33. The fraction of sp³-hybridized carbons (Fsp3) is 0.211. The van der Waals surface area contributed by atoms with E-state index in [-0.39, 0.29) is 6.61 Å². The number of ether oxygens (including phenoxy) is 2. The number of methoxy groups -OCH3 is 1. The average Bonchev–Trinajstić information content (AvgIpc) is 2.64. The minimum Gasteiger partial charge on any atom is -0.491 e. The zero-order valence-corrected chi connectivity index (χ0v) is 15.3. The number of carbonyl (C=O) groups is 1. The highest BCUT2D eigenvalue weighted by molar-refractivity contribution is 7.99. The van der Waals surface area contributed by atoms with E-state index in [1.807, 2.05) is 36.4 Å². The molecule has 0 aliphatic carbocycles. The molecular formula is C19H19ClO4S. The first-order chi connectivity index (χ1) is 12.1. The van der Waals surface area contributed by atoms with Gasteiger partial charge in [-0.3, -0.25) is 0 Å². The highest BCUT2D eigenvalue weighted by atomic mass is 35.5. The fourth-order valence-corrected chi connectivity index (χ4v) is 2.81. The van der Waals surface area contributed by atoms with Crippen molar-refractivity contribution in [3.05, 3.63) is 65.2 Å². The summed E-state index contributed by atoms with van der Waals surface area (Å²) in [6.07, 6.45) is 2.43. The average molecular weight is 379 g/mol. The van der Waals surface area contributed by atoms with Crippen LogP contribution in [-0.4, -0.2) is 36.6 Å². The number of aliphatic hydroxyl groups is 1. The second-order valence-electron chi connectivity index (χ2n) is 5.16. The van der Waals surface area contributed by atoms with Crippen LogP contribution >= 0.6 is 23.4 Å². The molecule has 0 saturated heterocycles. The number of benzene rings is 2. The molecule has 0 radical (unpaired) electrons. The molecule has 0 bridgehead atoms. The molecule has 0 amide bonds. The Morgan fingerprint density at radius 2 is 1.88 bits per heavy atom. The normalized spacial score (nSPS) is 12.1.